The van der Waals surface area contributed by atoms with Crippen LogP contribution in [-0.4, -0.2) is 89.7 Å². The van der Waals surface area contributed by atoms with Crippen molar-refractivity contribution >= 4 is 19.9 Å². The summed E-state index contributed by atoms with van der Waals surface area (Å²) in [6, 6.07) is 19.2. The molecule has 2 aliphatic heterocycles. The van der Waals surface area contributed by atoms with Crippen molar-refractivity contribution in [2.45, 2.75) is 72.1 Å². The van der Waals surface area contributed by atoms with Crippen molar-refractivity contribution in [3.63, 3.8) is 0 Å². The summed E-state index contributed by atoms with van der Waals surface area (Å²) in [5.74, 6) is 0.975. The first-order chi connectivity index (χ1) is 22.9. The fourth-order valence-electron chi connectivity index (χ4n) is 6.56. The topological polar surface area (TPSA) is 157 Å². The average Bonchev–Trinajstić information content (AvgIpc) is 3.74. The molecule has 0 amide bonds. The van der Waals surface area contributed by atoms with Gasteiger partial charge in [0.25, 0.3) is 0 Å². The molecule has 1 saturated carbocycles. The first kappa shape index (κ1) is 34.8. The molecule has 11 nitrogen and oxygen atoms in total. The first-order valence-corrected chi connectivity index (χ1v) is 19.5. The third-order valence-corrected chi connectivity index (χ3v) is 13.5. The molecule has 13 heteroatoms. The summed E-state index contributed by atoms with van der Waals surface area (Å²) in [6.45, 7) is 3.00. The molecule has 260 valence electrons. The van der Waals surface area contributed by atoms with E-state index in [2.05, 4.69) is 5.32 Å². The number of methoxy groups -OCH3 is 1. The predicted molar refractivity (Wildman–Crippen MR) is 182 cm³/mol. The summed E-state index contributed by atoms with van der Waals surface area (Å²) in [5, 5.41) is 13.9. The van der Waals surface area contributed by atoms with E-state index in [0.29, 0.717) is 56.0 Å². The van der Waals surface area contributed by atoms with Gasteiger partial charge in [-0.3, -0.25) is 0 Å². The number of ether oxygens (including phenoxy) is 3. The molecule has 2 saturated heterocycles. The van der Waals surface area contributed by atoms with Crippen molar-refractivity contribution in [3.8, 4) is 22.6 Å². The van der Waals surface area contributed by atoms with Crippen molar-refractivity contribution in [3.05, 3.63) is 72.3 Å². The molecule has 3 fully saturated rings. The number of sulfonamides is 1. The van der Waals surface area contributed by atoms with Gasteiger partial charge in [-0.2, -0.15) is 4.31 Å². The van der Waals surface area contributed by atoms with Crippen LogP contribution < -0.4 is 20.5 Å². The van der Waals surface area contributed by atoms with E-state index in [4.69, 9.17) is 19.9 Å². The highest BCUT2D eigenvalue weighted by atomic mass is 32.2. The minimum Gasteiger partial charge on any atom is -0.496 e. The largest absolute Gasteiger partial charge is 0.496 e. The van der Waals surface area contributed by atoms with E-state index in [1.165, 1.54) is 16.4 Å². The van der Waals surface area contributed by atoms with Crippen LogP contribution in [0.1, 0.15) is 44.6 Å². The van der Waals surface area contributed by atoms with E-state index in [0.717, 1.165) is 24.0 Å². The van der Waals surface area contributed by atoms with Crippen LogP contribution >= 0.6 is 0 Å². The van der Waals surface area contributed by atoms with Crippen LogP contribution in [0.5, 0.6) is 11.5 Å². The lowest BCUT2D eigenvalue weighted by Gasteiger charge is -2.38. The highest BCUT2D eigenvalue weighted by molar-refractivity contribution is 7.91. The Kier molecular flexibility index (Phi) is 9.93. The van der Waals surface area contributed by atoms with Crippen LogP contribution in [0.3, 0.4) is 0 Å². The fraction of sp³-hybridized carbons (Fsp3) is 0.486. The Morgan fingerprint density at radius 2 is 1.73 bits per heavy atom. The Morgan fingerprint density at radius 1 is 1.00 bits per heavy atom. The Bertz CT molecular complexity index is 1820. The number of sulfone groups is 1. The number of aliphatic hydroxyl groups excluding tert-OH is 1. The summed E-state index contributed by atoms with van der Waals surface area (Å²) in [6.07, 6.45) is 2.96. The normalized spacial score (nSPS) is 21.2. The highest BCUT2D eigenvalue weighted by Crippen LogP contribution is 2.44. The lowest BCUT2D eigenvalue weighted by Crippen LogP contribution is -2.47. The quantitative estimate of drug-likeness (QED) is 0.242. The maximum absolute atomic E-state index is 13.8. The van der Waals surface area contributed by atoms with Crippen molar-refractivity contribution in [1.82, 2.24) is 9.62 Å². The first-order valence-electron chi connectivity index (χ1n) is 16.5. The number of rotatable bonds is 13. The van der Waals surface area contributed by atoms with Crippen molar-refractivity contribution in [2.75, 3.05) is 45.7 Å². The van der Waals surface area contributed by atoms with Crippen LogP contribution in [0.2, 0.25) is 0 Å². The van der Waals surface area contributed by atoms with E-state index in [1.807, 2.05) is 24.3 Å². The molecular formula is C35H45N3O8S2. The minimum atomic E-state index is -3.76. The van der Waals surface area contributed by atoms with Crippen LogP contribution in [-0.2, 0) is 30.1 Å². The van der Waals surface area contributed by atoms with E-state index in [9.17, 15) is 21.9 Å². The van der Waals surface area contributed by atoms with Crippen molar-refractivity contribution in [2.24, 2.45) is 5.73 Å². The molecule has 48 heavy (non-hydrogen) atoms. The molecule has 2 atom stereocenters. The van der Waals surface area contributed by atoms with Crippen molar-refractivity contribution in [1.29, 1.82) is 0 Å². The molecule has 6 rings (SSSR count). The third-order valence-electron chi connectivity index (χ3n) is 9.84. The Morgan fingerprint density at radius 3 is 2.40 bits per heavy atom. The summed E-state index contributed by atoms with van der Waals surface area (Å²) in [7, 11) is -5.53. The van der Waals surface area contributed by atoms with Crippen molar-refractivity contribution < 1.29 is 36.2 Å². The maximum Gasteiger partial charge on any atom is 0.243 e. The number of benzene rings is 3. The lowest BCUT2D eigenvalue weighted by atomic mass is 9.88. The number of piperidine rings is 1. The molecule has 0 radical (unpaired) electrons. The Hall–Kier alpha value is -3.04. The van der Waals surface area contributed by atoms with Gasteiger partial charge in [0.15, 0.2) is 9.84 Å². The van der Waals surface area contributed by atoms with Gasteiger partial charge in [0.05, 0.1) is 34.9 Å². The van der Waals surface area contributed by atoms with Crippen LogP contribution in [0.15, 0.2) is 76.5 Å². The molecule has 3 aromatic carbocycles. The second kappa shape index (κ2) is 13.7. The average molecular weight is 700 g/mol. The molecule has 2 unspecified atom stereocenters. The van der Waals surface area contributed by atoms with E-state index in [-0.39, 0.29) is 40.3 Å². The smallest absolute Gasteiger partial charge is 0.243 e. The number of aliphatic hydroxyl groups is 1. The SMILES string of the molecule is CCS(=O)(=O)c1cccc(OCC(O)CNC2COC3(CCN(S(=O)(=O)c4ccc(OC)c(-c5ccc(C6(N)CC6)cc5)c4)CC3)C2)c1. The fourth-order valence-corrected chi connectivity index (χ4v) is 8.95. The number of nitrogens with zero attached hydrogens (tertiary/aromatic N) is 1. The molecule has 0 bridgehead atoms. The Balaban J connectivity index is 1.01. The second-order valence-electron chi connectivity index (χ2n) is 13.1. The van der Waals surface area contributed by atoms with Crippen LogP contribution in [0, 0.1) is 0 Å². The van der Waals surface area contributed by atoms with Gasteiger partial charge in [0.2, 0.25) is 10.0 Å². The maximum atomic E-state index is 13.8. The van der Waals surface area contributed by atoms with Gasteiger partial charge < -0.3 is 30.4 Å². The number of nitrogens with one attached hydrogen (secondary N) is 1. The van der Waals surface area contributed by atoms with Gasteiger partial charge in [-0.25, -0.2) is 16.8 Å². The summed E-state index contributed by atoms with van der Waals surface area (Å²) < 4.78 is 70.9. The number of hydrogen-bond donors (Lipinski definition) is 3. The van der Waals surface area contributed by atoms with Crippen LogP contribution in [0.25, 0.3) is 11.1 Å². The molecule has 4 N–H and O–H groups in total. The monoisotopic (exact) mass is 699 g/mol. The number of hydrogen-bond acceptors (Lipinski definition) is 10. The predicted octanol–water partition coefficient (Wildman–Crippen LogP) is 3.45. The molecule has 3 aliphatic rings. The summed E-state index contributed by atoms with van der Waals surface area (Å²) in [4.78, 5) is 0.411. The van der Waals surface area contributed by atoms with E-state index in [1.54, 1.807) is 44.4 Å². The zero-order valence-electron chi connectivity index (χ0n) is 27.4. The molecule has 0 aromatic heterocycles. The summed E-state index contributed by atoms with van der Waals surface area (Å²) in [5.41, 5.74) is 8.33. The van der Waals surface area contributed by atoms with Crippen LogP contribution in [0.4, 0.5) is 0 Å². The van der Waals surface area contributed by atoms with E-state index < -0.39 is 31.6 Å². The zero-order valence-corrected chi connectivity index (χ0v) is 29.1. The molecule has 2 heterocycles. The van der Waals surface area contributed by atoms with Gasteiger partial charge in [-0.1, -0.05) is 37.3 Å². The molecule has 1 aliphatic carbocycles. The second-order valence-corrected chi connectivity index (χ2v) is 17.4. The Labute approximate surface area is 283 Å². The summed E-state index contributed by atoms with van der Waals surface area (Å²) >= 11 is 0. The lowest BCUT2D eigenvalue weighted by molar-refractivity contribution is -0.0312. The molecular weight excluding hydrogens is 655 g/mol. The molecule has 3 aromatic rings. The zero-order chi connectivity index (χ0) is 34.2. The molecule has 1 spiro atoms. The van der Waals surface area contributed by atoms with E-state index >= 15 is 0 Å². The van der Waals surface area contributed by atoms with Gasteiger partial charge in [0, 0.05) is 36.8 Å². The van der Waals surface area contributed by atoms with Gasteiger partial charge in [-0.05, 0) is 79.6 Å². The van der Waals surface area contributed by atoms with Gasteiger partial charge in [-0.15, -0.1) is 0 Å². The number of nitrogens with two attached hydrogens (primary N) is 1. The standard InChI is InChI=1S/C35H45N3O8S2/c1-3-47(40,41)30-6-4-5-29(19-30)45-24-28(39)22-37-27-21-34(46-23-27)15-17-38(18-16-34)48(42,43)31-11-12-33(44-2)32(20-31)25-7-9-26(10-8-25)35(36)13-14-35/h4-12,19-20,27-28,37,39H,3,13-18,21-24,36H2,1-2H3. The van der Waals surface area contributed by atoms with Gasteiger partial charge >= 0.3 is 0 Å². The van der Waals surface area contributed by atoms with Gasteiger partial charge in [0.1, 0.15) is 24.2 Å². The minimum absolute atomic E-state index is 0.000940. The highest BCUT2D eigenvalue weighted by Gasteiger charge is 2.45. The third kappa shape index (κ3) is 7.42.